The summed E-state index contributed by atoms with van der Waals surface area (Å²) in [6.07, 6.45) is 2.26. The molecule has 1 N–H and O–H groups in total. The molecule has 2 unspecified atom stereocenters. The normalized spacial score (nSPS) is 21.9. The molecule has 2 aromatic carbocycles. The molecule has 0 amide bonds. The monoisotopic (exact) mass is 309 g/mol. The maximum Gasteiger partial charge on any atom is 0.161 e. The molecule has 0 fully saturated rings. The highest BCUT2D eigenvalue weighted by atomic mass is 16.5. The minimum Gasteiger partial charge on any atom is -0.493 e. The summed E-state index contributed by atoms with van der Waals surface area (Å²) >= 11 is 0. The molecule has 0 aromatic heterocycles. The van der Waals surface area contributed by atoms with Crippen molar-refractivity contribution < 1.29 is 9.47 Å². The van der Waals surface area contributed by atoms with E-state index < -0.39 is 0 Å². The lowest BCUT2D eigenvalue weighted by Gasteiger charge is -2.40. The molecule has 0 radical (unpaired) electrons. The zero-order valence-electron chi connectivity index (χ0n) is 14.0. The van der Waals surface area contributed by atoms with Crippen LogP contribution < -0.4 is 14.8 Å². The number of aryl methyl sites for hydroxylation is 2. The number of rotatable bonds is 2. The second-order valence-electron chi connectivity index (χ2n) is 6.61. The summed E-state index contributed by atoms with van der Waals surface area (Å²) in [5, 5.41) is 3.73. The fourth-order valence-electron chi connectivity index (χ4n) is 4.15. The van der Waals surface area contributed by atoms with Crippen molar-refractivity contribution in [3.8, 4) is 11.5 Å². The van der Waals surface area contributed by atoms with E-state index in [2.05, 4.69) is 42.6 Å². The molecule has 1 aliphatic heterocycles. The third kappa shape index (κ3) is 2.31. The first kappa shape index (κ1) is 14.6. The van der Waals surface area contributed by atoms with E-state index >= 15 is 0 Å². The van der Waals surface area contributed by atoms with Gasteiger partial charge in [0.15, 0.2) is 11.5 Å². The van der Waals surface area contributed by atoms with Gasteiger partial charge in [-0.05, 0) is 54.2 Å². The zero-order chi connectivity index (χ0) is 16.0. The van der Waals surface area contributed by atoms with Crippen LogP contribution in [0.2, 0.25) is 0 Å². The van der Waals surface area contributed by atoms with Crippen LogP contribution in [0.5, 0.6) is 11.5 Å². The minimum absolute atomic E-state index is 0.405. The average Bonchev–Trinajstić information content (AvgIpc) is 2.59. The number of nitrogens with one attached hydrogen (secondary N) is 1. The van der Waals surface area contributed by atoms with Crippen molar-refractivity contribution in [3.05, 3.63) is 58.1 Å². The van der Waals surface area contributed by atoms with Crippen LogP contribution in [0, 0.1) is 6.92 Å². The Hall–Kier alpha value is -2.00. The number of methoxy groups -OCH3 is 2. The lowest BCUT2D eigenvalue weighted by Crippen LogP contribution is -2.42. The van der Waals surface area contributed by atoms with E-state index in [1.807, 2.05) is 0 Å². The summed E-state index contributed by atoms with van der Waals surface area (Å²) in [5.41, 5.74) is 7.00. The first-order valence-electron chi connectivity index (χ1n) is 8.29. The first-order valence-corrected chi connectivity index (χ1v) is 8.29. The molecule has 0 spiro atoms. The largest absolute Gasteiger partial charge is 0.493 e. The van der Waals surface area contributed by atoms with Gasteiger partial charge in [-0.1, -0.05) is 23.8 Å². The number of hydrogen-bond donors (Lipinski definition) is 1. The molecule has 0 saturated carbocycles. The molecule has 2 atom stereocenters. The molecule has 2 aliphatic rings. The van der Waals surface area contributed by atoms with Crippen LogP contribution in [0.3, 0.4) is 0 Å². The van der Waals surface area contributed by atoms with Crippen molar-refractivity contribution in [2.75, 3.05) is 14.2 Å². The number of fused-ring (bicyclic) bond motifs is 5. The van der Waals surface area contributed by atoms with Gasteiger partial charge in [0.2, 0.25) is 0 Å². The second kappa shape index (κ2) is 5.57. The van der Waals surface area contributed by atoms with Crippen LogP contribution in [-0.4, -0.2) is 20.3 Å². The predicted octanol–water partition coefficient (Wildman–Crippen LogP) is 3.56. The Bertz CT molecular complexity index is 754. The van der Waals surface area contributed by atoms with Crippen molar-refractivity contribution in [1.82, 2.24) is 5.32 Å². The summed E-state index contributed by atoms with van der Waals surface area (Å²) < 4.78 is 11.0. The van der Waals surface area contributed by atoms with Crippen LogP contribution in [0.1, 0.15) is 40.2 Å². The van der Waals surface area contributed by atoms with E-state index in [0.29, 0.717) is 12.0 Å². The first-order chi connectivity index (χ1) is 11.2. The Balaban J connectivity index is 1.89. The van der Waals surface area contributed by atoms with Crippen LogP contribution in [0.25, 0.3) is 0 Å². The van der Waals surface area contributed by atoms with Crippen molar-refractivity contribution in [2.24, 2.45) is 0 Å². The van der Waals surface area contributed by atoms with E-state index in [-0.39, 0.29) is 0 Å². The second-order valence-corrected chi connectivity index (χ2v) is 6.61. The number of benzene rings is 2. The molecule has 0 saturated heterocycles. The maximum atomic E-state index is 5.55. The number of ether oxygens (including phenoxy) is 2. The summed E-state index contributed by atoms with van der Waals surface area (Å²) in [6.45, 7) is 3.15. The van der Waals surface area contributed by atoms with E-state index in [0.717, 1.165) is 24.5 Å². The molecular weight excluding hydrogens is 286 g/mol. The Morgan fingerprint density at radius 1 is 0.957 bits per heavy atom. The Morgan fingerprint density at radius 2 is 1.70 bits per heavy atom. The highest BCUT2D eigenvalue weighted by Gasteiger charge is 2.35. The molecular formula is C20H23NO2. The highest BCUT2D eigenvalue weighted by molar-refractivity contribution is 5.54. The van der Waals surface area contributed by atoms with Crippen molar-refractivity contribution in [3.63, 3.8) is 0 Å². The van der Waals surface area contributed by atoms with Crippen LogP contribution >= 0.6 is 0 Å². The standard InChI is InChI=1S/C20H23NO2/c1-12-4-5-14-11-21-17-7-6-13-9-18(22-2)19(23-3)10-16(13)20(17)15(14)8-12/h4-5,8-10,17,20-21H,6-7,11H2,1-3H3. The van der Waals surface area contributed by atoms with Crippen molar-refractivity contribution in [2.45, 2.75) is 38.3 Å². The van der Waals surface area contributed by atoms with Crippen LogP contribution in [0.4, 0.5) is 0 Å². The van der Waals surface area contributed by atoms with E-state index in [4.69, 9.17) is 9.47 Å². The summed E-state index contributed by atoms with van der Waals surface area (Å²) in [7, 11) is 3.42. The van der Waals surface area contributed by atoms with E-state index in [1.54, 1.807) is 14.2 Å². The van der Waals surface area contributed by atoms with Gasteiger partial charge in [0.1, 0.15) is 0 Å². The van der Waals surface area contributed by atoms with Gasteiger partial charge in [0.25, 0.3) is 0 Å². The Morgan fingerprint density at radius 3 is 2.48 bits per heavy atom. The van der Waals surface area contributed by atoms with Gasteiger partial charge in [-0.25, -0.2) is 0 Å². The van der Waals surface area contributed by atoms with Crippen molar-refractivity contribution >= 4 is 0 Å². The predicted molar refractivity (Wildman–Crippen MR) is 91.5 cm³/mol. The molecule has 0 bridgehead atoms. The summed E-state index contributed by atoms with van der Waals surface area (Å²) in [6, 6.07) is 11.7. The van der Waals surface area contributed by atoms with Gasteiger partial charge in [-0.3, -0.25) is 0 Å². The van der Waals surface area contributed by atoms with Gasteiger partial charge in [-0.2, -0.15) is 0 Å². The molecule has 1 aliphatic carbocycles. The highest BCUT2D eigenvalue weighted by Crippen LogP contribution is 2.44. The Kier molecular flexibility index (Phi) is 3.53. The maximum absolute atomic E-state index is 5.55. The molecule has 23 heavy (non-hydrogen) atoms. The fraction of sp³-hybridized carbons (Fsp3) is 0.400. The topological polar surface area (TPSA) is 30.5 Å². The Labute approximate surface area is 137 Å². The molecule has 4 rings (SSSR count). The SMILES string of the molecule is COc1cc2c(cc1OC)C1c3cc(C)ccc3CNC1CC2. The third-order valence-corrected chi connectivity index (χ3v) is 5.30. The van der Waals surface area contributed by atoms with E-state index in [9.17, 15) is 0 Å². The summed E-state index contributed by atoms with van der Waals surface area (Å²) in [4.78, 5) is 0. The fourth-order valence-corrected chi connectivity index (χ4v) is 4.15. The van der Waals surface area contributed by atoms with E-state index in [1.165, 1.54) is 34.2 Å². The average molecular weight is 309 g/mol. The van der Waals surface area contributed by atoms with Crippen LogP contribution in [-0.2, 0) is 13.0 Å². The van der Waals surface area contributed by atoms with Crippen molar-refractivity contribution in [1.29, 1.82) is 0 Å². The van der Waals surface area contributed by atoms with Gasteiger partial charge in [0, 0.05) is 18.5 Å². The molecule has 3 heteroatoms. The van der Waals surface area contributed by atoms with Gasteiger partial charge < -0.3 is 14.8 Å². The van der Waals surface area contributed by atoms with Gasteiger partial charge in [0.05, 0.1) is 14.2 Å². The molecule has 3 nitrogen and oxygen atoms in total. The lowest BCUT2D eigenvalue weighted by molar-refractivity contribution is 0.349. The molecule has 1 heterocycles. The molecule has 2 aromatic rings. The van der Waals surface area contributed by atoms with Crippen LogP contribution in [0.15, 0.2) is 30.3 Å². The smallest absolute Gasteiger partial charge is 0.161 e. The zero-order valence-corrected chi connectivity index (χ0v) is 14.0. The third-order valence-electron chi connectivity index (χ3n) is 5.30. The van der Waals surface area contributed by atoms with Gasteiger partial charge in [-0.15, -0.1) is 0 Å². The molecule has 120 valence electrons. The lowest BCUT2D eigenvalue weighted by atomic mass is 9.72. The number of hydrogen-bond acceptors (Lipinski definition) is 3. The minimum atomic E-state index is 0.405. The van der Waals surface area contributed by atoms with Gasteiger partial charge >= 0.3 is 0 Å². The quantitative estimate of drug-likeness (QED) is 0.920. The summed E-state index contributed by atoms with van der Waals surface area (Å²) in [5.74, 6) is 2.06.